The predicted octanol–water partition coefficient (Wildman–Crippen LogP) is 2.36. The lowest BCUT2D eigenvalue weighted by atomic mass is 10.1. The van der Waals surface area contributed by atoms with Gasteiger partial charge < -0.3 is 34.5 Å². The summed E-state index contributed by atoms with van der Waals surface area (Å²) >= 11 is 0. The summed E-state index contributed by atoms with van der Waals surface area (Å²) in [7, 11) is -13.8. The van der Waals surface area contributed by atoms with Crippen molar-refractivity contribution in [2.75, 3.05) is 0 Å². The summed E-state index contributed by atoms with van der Waals surface area (Å²) in [4.78, 5) is 70.8. The van der Waals surface area contributed by atoms with Crippen molar-refractivity contribution in [1.82, 2.24) is 4.98 Å². The zero-order valence-electron chi connectivity index (χ0n) is 16.9. The van der Waals surface area contributed by atoms with Gasteiger partial charge in [-0.25, -0.2) is 4.98 Å². The van der Waals surface area contributed by atoms with E-state index in [1.54, 1.807) is 0 Å². The van der Waals surface area contributed by atoms with Gasteiger partial charge in [0.15, 0.2) is 12.1 Å². The maximum Gasteiger partial charge on any atom is 0.330 e. The molecular formula is C16H20N3O11P3. The smallest absolute Gasteiger partial charge is 0.330 e. The Bertz CT molecular complexity index is 1200. The minimum Gasteiger partial charge on any atom is -0.505 e. The van der Waals surface area contributed by atoms with E-state index in [-0.39, 0.29) is 34.4 Å². The van der Waals surface area contributed by atoms with Gasteiger partial charge in [-0.15, -0.1) is 10.2 Å². The van der Waals surface area contributed by atoms with Crippen molar-refractivity contribution in [1.29, 1.82) is 0 Å². The molecule has 33 heavy (non-hydrogen) atoms. The zero-order chi connectivity index (χ0) is 25.2. The summed E-state index contributed by atoms with van der Waals surface area (Å²) < 4.78 is 34.2. The second kappa shape index (κ2) is 10.0. The molecule has 0 fully saturated rings. The van der Waals surface area contributed by atoms with Gasteiger partial charge in [0.05, 0.1) is 35.4 Å². The summed E-state index contributed by atoms with van der Waals surface area (Å²) in [6.07, 6.45) is -2.32. The fourth-order valence-corrected chi connectivity index (χ4v) is 4.91. The van der Waals surface area contributed by atoms with Crippen molar-refractivity contribution in [3.05, 3.63) is 46.1 Å². The van der Waals surface area contributed by atoms with Crippen LogP contribution in [0.5, 0.6) is 5.75 Å². The summed E-state index contributed by atoms with van der Waals surface area (Å²) in [5.41, 5.74) is -1.02. The molecule has 7 N–H and O–H groups in total. The topological polar surface area (TPSA) is 247 Å². The van der Waals surface area contributed by atoms with Gasteiger partial charge in [0.1, 0.15) is 5.75 Å². The van der Waals surface area contributed by atoms with Crippen LogP contribution in [-0.2, 0) is 32.2 Å². The molecule has 0 amide bonds. The van der Waals surface area contributed by atoms with Crippen molar-refractivity contribution < 1.29 is 53.0 Å². The molecule has 14 nitrogen and oxygen atoms in total. The molecule has 2 rings (SSSR count). The monoisotopic (exact) mass is 523 g/mol. The molecule has 0 aliphatic heterocycles. The van der Waals surface area contributed by atoms with Crippen LogP contribution >= 0.6 is 22.8 Å². The van der Waals surface area contributed by atoms with Crippen LogP contribution in [0, 0.1) is 6.92 Å². The number of benzene rings is 1. The minimum absolute atomic E-state index is 0.00195. The van der Waals surface area contributed by atoms with E-state index in [0.717, 1.165) is 0 Å². The molecule has 0 spiro atoms. The number of hydrogen-bond acceptors (Lipinski definition) is 8. The second-order valence-corrected chi connectivity index (χ2v) is 12.0. The number of aryl methyl sites for hydroxylation is 1. The van der Waals surface area contributed by atoms with E-state index < -0.39 is 58.4 Å². The van der Waals surface area contributed by atoms with Crippen LogP contribution in [0.2, 0.25) is 0 Å². The third-order valence-corrected chi connectivity index (χ3v) is 6.31. The number of rotatable bonds is 9. The molecule has 180 valence electrons. The Morgan fingerprint density at radius 2 is 1.33 bits per heavy atom. The average molecular weight is 523 g/mol. The lowest BCUT2D eigenvalue weighted by Gasteiger charge is -2.12. The van der Waals surface area contributed by atoms with E-state index in [2.05, 4.69) is 15.2 Å². The molecule has 1 aromatic carbocycles. The van der Waals surface area contributed by atoms with E-state index in [0.29, 0.717) is 0 Å². The van der Waals surface area contributed by atoms with Crippen molar-refractivity contribution in [2.45, 2.75) is 25.4 Å². The van der Waals surface area contributed by atoms with Gasteiger partial charge in [-0.3, -0.25) is 18.5 Å². The molecule has 0 atom stereocenters. The Morgan fingerprint density at radius 3 is 1.76 bits per heavy atom. The fourth-order valence-electron chi connectivity index (χ4n) is 2.87. The highest BCUT2D eigenvalue weighted by molar-refractivity contribution is 7.51. The summed E-state index contributed by atoms with van der Waals surface area (Å²) in [6, 6.07) is 3.55. The van der Waals surface area contributed by atoms with Crippen LogP contribution in [0.4, 0.5) is 11.5 Å². The highest BCUT2D eigenvalue weighted by atomic mass is 31.2. The van der Waals surface area contributed by atoms with Gasteiger partial charge >= 0.3 is 22.8 Å². The first-order valence-corrected chi connectivity index (χ1v) is 14.2. The van der Waals surface area contributed by atoms with Gasteiger partial charge in [-0.2, -0.15) is 0 Å². The molecule has 0 saturated carbocycles. The Labute approximate surface area is 186 Å². The third kappa shape index (κ3) is 8.63. The normalized spacial score (nSPS) is 12.9. The van der Waals surface area contributed by atoms with Crippen LogP contribution < -0.4 is 0 Å². The number of azo groups is 1. The average Bonchev–Trinajstić information content (AvgIpc) is 2.59. The molecule has 0 radical (unpaired) electrons. The minimum atomic E-state index is -4.73. The Hall–Kier alpha value is -2.11. The summed E-state index contributed by atoms with van der Waals surface area (Å²) in [5.74, 6) is -1.01. The van der Waals surface area contributed by atoms with Crippen LogP contribution in [-0.4, -0.2) is 45.7 Å². The summed E-state index contributed by atoms with van der Waals surface area (Å²) in [5, 5.41) is 17.6. The van der Waals surface area contributed by atoms with Crippen molar-refractivity contribution in [3.8, 4) is 5.75 Å². The molecule has 0 unspecified atom stereocenters. The third-order valence-electron chi connectivity index (χ3n) is 4.02. The molecule has 0 aliphatic rings. The first kappa shape index (κ1) is 27.1. The van der Waals surface area contributed by atoms with Crippen molar-refractivity contribution in [3.63, 3.8) is 0 Å². The Balaban J connectivity index is 2.62. The van der Waals surface area contributed by atoms with Crippen LogP contribution in [0.15, 0.2) is 28.4 Å². The quantitative estimate of drug-likeness (QED) is 0.142. The van der Waals surface area contributed by atoms with Gasteiger partial charge in [0.25, 0.3) is 0 Å². The van der Waals surface area contributed by atoms with E-state index in [4.69, 9.17) is 0 Å². The van der Waals surface area contributed by atoms with Gasteiger partial charge in [0, 0.05) is 5.56 Å². The van der Waals surface area contributed by atoms with Crippen molar-refractivity contribution >= 4 is 40.6 Å². The van der Waals surface area contributed by atoms with Crippen LogP contribution in [0.1, 0.15) is 32.7 Å². The lowest BCUT2D eigenvalue weighted by molar-refractivity contribution is 0.112. The van der Waals surface area contributed by atoms with E-state index >= 15 is 0 Å². The number of aromatic hydroxyl groups is 1. The number of nitrogens with zero attached hydrogens (tertiary/aromatic N) is 3. The molecule has 2 aromatic rings. The van der Waals surface area contributed by atoms with Gasteiger partial charge in [0.2, 0.25) is 0 Å². The molecule has 0 aliphatic carbocycles. The highest BCUT2D eigenvalue weighted by Gasteiger charge is 2.25. The number of hydrogen-bond donors (Lipinski definition) is 7. The van der Waals surface area contributed by atoms with Gasteiger partial charge in [-0.05, 0) is 30.2 Å². The molecule has 0 saturated heterocycles. The molecule has 0 bridgehead atoms. The number of pyridine rings is 1. The molecule has 17 heteroatoms. The molecular weight excluding hydrogens is 503 g/mol. The van der Waals surface area contributed by atoms with Crippen LogP contribution in [0.25, 0.3) is 0 Å². The van der Waals surface area contributed by atoms with E-state index in [1.807, 2.05) is 0 Å². The number of carbonyl (C=O) groups is 1. The SMILES string of the molecule is Cc1nc(/N=N/c2cc(CP(=O)(O)O)cc(CP(=O)(O)O)c2)c(CP(=O)(O)O)c(C=O)c1O. The molecule has 1 heterocycles. The first-order valence-electron chi connectivity index (χ1n) is 8.83. The van der Waals surface area contributed by atoms with Crippen LogP contribution in [0.3, 0.4) is 0 Å². The molecule has 1 aromatic heterocycles. The summed E-state index contributed by atoms with van der Waals surface area (Å²) in [6.45, 7) is 1.31. The fraction of sp³-hybridized carbons (Fsp3) is 0.250. The number of aromatic nitrogens is 1. The zero-order valence-corrected chi connectivity index (χ0v) is 19.6. The number of carbonyl (C=O) groups excluding carboxylic acids is 1. The van der Waals surface area contributed by atoms with E-state index in [1.165, 1.54) is 25.1 Å². The standard InChI is InChI=1S/C16H20N3O11P3/c1-9-15(21)13(5-20)14(8-33(28,29)30)16(17-9)19-18-12-3-10(6-31(22,23)24)2-11(4-12)7-32(25,26)27/h2-5,21H,6-8H2,1H3,(H2,22,23,24)(H2,25,26,27)(H2,28,29,30)/b19-18+. The Kier molecular flexibility index (Phi) is 8.24. The first-order chi connectivity index (χ1) is 15.0. The largest absolute Gasteiger partial charge is 0.505 e. The predicted molar refractivity (Wildman–Crippen MR) is 114 cm³/mol. The Morgan fingerprint density at radius 1 is 0.848 bits per heavy atom. The van der Waals surface area contributed by atoms with Gasteiger partial charge in [-0.1, -0.05) is 6.07 Å². The maximum absolute atomic E-state index is 11.5. The van der Waals surface area contributed by atoms with Crippen molar-refractivity contribution in [2.24, 2.45) is 10.2 Å². The number of aldehydes is 1. The lowest BCUT2D eigenvalue weighted by Crippen LogP contribution is -2.00. The maximum atomic E-state index is 11.5. The highest BCUT2D eigenvalue weighted by Crippen LogP contribution is 2.45. The van der Waals surface area contributed by atoms with E-state index in [9.17, 15) is 53.0 Å². The second-order valence-electron chi connectivity index (χ2n) is 7.06.